The lowest BCUT2D eigenvalue weighted by molar-refractivity contribution is 0.367. The van der Waals surface area contributed by atoms with Gasteiger partial charge in [0, 0.05) is 25.6 Å². The van der Waals surface area contributed by atoms with E-state index in [0.717, 1.165) is 30.9 Å². The minimum atomic E-state index is 0.127. The van der Waals surface area contributed by atoms with Crippen LogP contribution in [0.2, 0.25) is 0 Å². The van der Waals surface area contributed by atoms with E-state index in [1.807, 2.05) is 20.2 Å². The van der Waals surface area contributed by atoms with Gasteiger partial charge in [-0.15, -0.1) is 0 Å². The second kappa shape index (κ2) is 5.50. The Labute approximate surface area is 108 Å². The molecule has 0 aliphatic carbocycles. The van der Waals surface area contributed by atoms with Crippen LogP contribution in [0.4, 0.5) is 0 Å². The van der Waals surface area contributed by atoms with Crippen LogP contribution in [-0.4, -0.2) is 41.1 Å². The number of likely N-dealkylation sites (N-methyl/N-ethyl adjacent to an activating group) is 1. The maximum Gasteiger partial charge on any atom is 0.111 e. The second-order valence-corrected chi connectivity index (χ2v) is 4.99. The molecule has 2 N–H and O–H groups in total. The molecule has 0 aliphatic heterocycles. The summed E-state index contributed by atoms with van der Waals surface area (Å²) in [6.45, 7) is 3.96. The molecule has 1 aromatic carbocycles. The first kappa shape index (κ1) is 13.1. The fourth-order valence-corrected chi connectivity index (χ4v) is 2.40. The van der Waals surface area contributed by atoms with E-state index in [1.54, 1.807) is 0 Å². The van der Waals surface area contributed by atoms with Gasteiger partial charge in [0.2, 0.25) is 0 Å². The van der Waals surface area contributed by atoms with E-state index in [2.05, 4.69) is 34.6 Å². The molecule has 0 fully saturated rings. The number of benzene rings is 1. The van der Waals surface area contributed by atoms with Gasteiger partial charge in [-0.05, 0) is 33.2 Å². The van der Waals surface area contributed by atoms with Gasteiger partial charge < -0.3 is 15.2 Å². The van der Waals surface area contributed by atoms with Crippen LogP contribution >= 0.6 is 0 Å². The first-order valence-corrected chi connectivity index (χ1v) is 6.46. The van der Waals surface area contributed by atoms with Gasteiger partial charge in [-0.2, -0.15) is 0 Å². The van der Waals surface area contributed by atoms with Gasteiger partial charge in [0.15, 0.2) is 0 Å². The van der Waals surface area contributed by atoms with E-state index < -0.39 is 0 Å². The fourth-order valence-electron chi connectivity index (χ4n) is 2.40. The maximum absolute atomic E-state index is 6.16. The molecule has 98 valence electrons. The Kier molecular flexibility index (Phi) is 3.99. The van der Waals surface area contributed by atoms with Crippen LogP contribution < -0.4 is 5.73 Å². The normalized spacial score (nSPS) is 13.4. The van der Waals surface area contributed by atoms with Gasteiger partial charge in [0.1, 0.15) is 5.82 Å². The number of imidazole rings is 1. The molecule has 0 aliphatic rings. The molecule has 0 saturated heterocycles. The Morgan fingerprint density at radius 2 is 2.06 bits per heavy atom. The third kappa shape index (κ3) is 2.71. The Bertz CT molecular complexity index is 515. The van der Waals surface area contributed by atoms with Gasteiger partial charge in [-0.1, -0.05) is 12.1 Å². The first-order chi connectivity index (χ1) is 8.61. The molecular formula is C14H22N4. The molecule has 2 aromatic rings. The van der Waals surface area contributed by atoms with Crippen molar-refractivity contribution < 1.29 is 0 Å². The standard InChI is InChI=1S/C14H22N4/c1-4-18-13-8-6-5-7-12(13)16-14(18)9-11(15)10-17(2)3/h5-8,11H,4,9-10,15H2,1-3H3. The highest BCUT2D eigenvalue weighted by atomic mass is 15.1. The number of aryl methyl sites for hydroxylation is 1. The molecule has 1 unspecified atom stereocenters. The van der Waals surface area contributed by atoms with E-state index >= 15 is 0 Å². The molecule has 1 aromatic heterocycles. The van der Waals surface area contributed by atoms with Crippen molar-refractivity contribution in [1.29, 1.82) is 0 Å². The zero-order valence-electron chi connectivity index (χ0n) is 11.4. The number of nitrogens with zero attached hydrogens (tertiary/aromatic N) is 3. The first-order valence-electron chi connectivity index (χ1n) is 6.46. The predicted molar refractivity (Wildman–Crippen MR) is 75.6 cm³/mol. The Morgan fingerprint density at radius 3 is 2.72 bits per heavy atom. The van der Waals surface area contributed by atoms with Crippen LogP contribution in [0, 0.1) is 0 Å². The highest BCUT2D eigenvalue weighted by Gasteiger charge is 2.13. The van der Waals surface area contributed by atoms with Crippen LogP contribution in [-0.2, 0) is 13.0 Å². The lowest BCUT2D eigenvalue weighted by atomic mass is 10.2. The largest absolute Gasteiger partial charge is 0.328 e. The third-order valence-electron chi connectivity index (χ3n) is 3.09. The summed E-state index contributed by atoms with van der Waals surface area (Å²) in [5.74, 6) is 1.09. The monoisotopic (exact) mass is 246 g/mol. The van der Waals surface area contributed by atoms with Crippen LogP contribution in [0.5, 0.6) is 0 Å². The highest BCUT2D eigenvalue weighted by Crippen LogP contribution is 2.16. The molecule has 0 bridgehead atoms. The van der Waals surface area contributed by atoms with Crippen molar-refractivity contribution in [3.8, 4) is 0 Å². The summed E-state index contributed by atoms with van der Waals surface area (Å²) in [5.41, 5.74) is 8.42. The lowest BCUT2D eigenvalue weighted by Gasteiger charge is -2.17. The van der Waals surface area contributed by atoms with Crippen molar-refractivity contribution in [2.45, 2.75) is 25.9 Å². The summed E-state index contributed by atoms with van der Waals surface area (Å²) in [5, 5.41) is 0. The van der Waals surface area contributed by atoms with Crippen molar-refractivity contribution in [3.05, 3.63) is 30.1 Å². The Balaban J connectivity index is 2.27. The number of para-hydroxylation sites is 2. The number of aromatic nitrogens is 2. The predicted octanol–water partition coefficient (Wildman–Crippen LogP) is 1.49. The summed E-state index contributed by atoms with van der Waals surface area (Å²) >= 11 is 0. The molecule has 0 radical (unpaired) electrons. The zero-order chi connectivity index (χ0) is 13.1. The topological polar surface area (TPSA) is 47.1 Å². The second-order valence-electron chi connectivity index (χ2n) is 4.99. The summed E-state index contributed by atoms with van der Waals surface area (Å²) < 4.78 is 2.25. The quantitative estimate of drug-likeness (QED) is 0.869. The number of hydrogen-bond acceptors (Lipinski definition) is 3. The minimum Gasteiger partial charge on any atom is -0.328 e. The molecule has 0 amide bonds. The van der Waals surface area contributed by atoms with Crippen LogP contribution in [0.25, 0.3) is 11.0 Å². The van der Waals surface area contributed by atoms with Crippen molar-refractivity contribution >= 4 is 11.0 Å². The smallest absolute Gasteiger partial charge is 0.111 e. The summed E-state index contributed by atoms with van der Waals surface area (Å²) in [7, 11) is 4.09. The average Bonchev–Trinajstić information content (AvgIpc) is 2.64. The fraction of sp³-hybridized carbons (Fsp3) is 0.500. The minimum absolute atomic E-state index is 0.127. The molecule has 4 heteroatoms. The van der Waals surface area contributed by atoms with E-state index in [1.165, 1.54) is 5.52 Å². The van der Waals surface area contributed by atoms with Crippen LogP contribution in [0.1, 0.15) is 12.7 Å². The number of hydrogen-bond donors (Lipinski definition) is 1. The molecular weight excluding hydrogens is 224 g/mol. The van der Waals surface area contributed by atoms with E-state index in [-0.39, 0.29) is 6.04 Å². The molecule has 18 heavy (non-hydrogen) atoms. The Hall–Kier alpha value is -1.39. The highest BCUT2D eigenvalue weighted by molar-refractivity contribution is 5.75. The van der Waals surface area contributed by atoms with Gasteiger partial charge in [0.25, 0.3) is 0 Å². The number of nitrogens with two attached hydrogens (primary N) is 1. The van der Waals surface area contributed by atoms with Crippen molar-refractivity contribution in [3.63, 3.8) is 0 Å². The zero-order valence-corrected chi connectivity index (χ0v) is 11.4. The third-order valence-corrected chi connectivity index (χ3v) is 3.09. The van der Waals surface area contributed by atoms with Crippen molar-refractivity contribution in [2.75, 3.05) is 20.6 Å². The summed E-state index contributed by atoms with van der Waals surface area (Å²) in [4.78, 5) is 6.81. The van der Waals surface area contributed by atoms with E-state index in [0.29, 0.717) is 0 Å². The molecule has 4 nitrogen and oxygen atoms in total. The van der Waals surface area contributed by atoms with E-state index in [9.17, 15) is 0 Å². The summed E-state index contributed by atoms with van der Waals surface area (Å²) in [6, 6.07) is 8.38. The van der Waals surface area contributed by atoms with Gasteiger partial charge >= 0.3 is 0 Å². The lowest BCUT2D eigenvalue weighted by Crippen LogP contribution is -2.35. The van der Waals surface area contributed by atoms with Gasteiger partial charge in [-0.3, -0.25) is 0 Å². The van der Waals surface area contributed by atoms with Gasteiger partial charge in [-0.25, -0.2) is 4.98 Å². The average molecular weight is 246 g/mol. The van der Waals surface area contributed by atoms with Crippen molar-refractivity contribution in [2.24, 2.45) is 5.73 Å². The number of fused-ring (bicyclic) bond motifs is 1. The molecule has 2 rings (SSSR count). The van der Waals surface area contributed by atoms with Crippen molar-refractivity contribution in [1.82, 2.24) is 14.5 Å². The summed E-state index contributed by atoms with van der Waals surface area (Å²) in [6.07, 6.45) is 0.820. The number of rotatable bonds is 5. The SMILES string of the molecule is CCn1c(CC(N)CN(C)C)nc2ccccc21. The molecule has 1 heterocycles. The van der Waals surface area contributed by atoms with Crippen LogP contribution in [0.15, 0.2) is 24.3 Å². The molecule has 0 spiro atoms. The van der Waals surface area contributed by atoms with E-state index in [4.69, 9.17) is 10.7 Å². The molecule has 1 atom stereocenters. The van der Waals surface area contributed by atoms with Crippen LogP contribution in [0.3, 0.4) is 0 Å². The molecule has 0 saturated carbocycles. The maximum atomic E-state index is 6.16. The Morgan fingerprint density at radius 1 is 1.33 bits per heavy atom. The van der Waals surface area contributed by atoms with Gasteiger partial charge in [0.05, 0.1) is 11.0 Å².